The van der Waals surface area contributed by atoms with Gasteiger partial charge in [-0.25, -0.2) is 0 Å². The van der Waals surface area contributed by atoms with E-state index in [2.05, 4.69) is 42.4 Å². The van der Waals surface area contributed by atoms with E-state index >= 15 is 0 Å². The molecule has 0 radical (unpaired) electrons. The zero-order valence-corrected chi connectivity index (χ0v) is 8.10. The van der Waals surface area contributed by atoms with Gasteiger partial charge in [0, 0.05) is 10.7 Å². The fraction of sp³-hybridized carbons (Fsp3) is 0.556. The Bertz CT molecular complexity index is 341. The maximum absolute atomic E-state index is 4.07. The molecule has 0 fully saturated rings. The van der Waals surface area contributed by atoms with E-state index in [4.69, 9.17) is 0 Å². The van der Waals surface area contributed by atoms with E-state index in [1.165, 1.54) is 5.57 Å². The molecule has 0 aromatic rings. The summed E-state index contributed by atoms with van der Waals surface area (Å²) in [5.74, 6) is 0. The summed E-state index contributed by atoms with van der Waals surface area (Å²) in [6.45, 7) is 6.51. The van der Waals surface area contributed by atoms with E-state index in [0.717, 1.165) is 0 Å². The van der Waals surface area contributed by atoms with Crippen molar-refractivity contribution in [2.24, 2.45) is 21.0 Å². The Hall–Kier alpha value is -1.32. The lowest BCUT2D eigenvalue weighted by molar-refractivity contribution is -0.549. The van der Waals surface area contributed by atoms with E-state index in [1.807, 2.05) is 12.3 Å². The number of allylic oxidation sites excluding steroid dienone is 2. The number of rotatable bonds is 0. The van der Waals surface area contributed by atoms with Crippen LogP contribution in [0, 0.1) is 5.41 Å². The van der Waals surface area contributed by atoms with Gasteiger partial charge in [-0.1, -0.05) is 26.8 Å². The average molecular weight is 177 g/mol. The quantitative estimate of drug-likeness (QED) is 0.510. The van der Waals surface area contributed by atoms with E-state index < -0.39 is 0 Å². The van der Waals surface area contributed by atoms with Crippen molar-refractivity contribution < 1.29 is 4.70 Å². The zero-order valence-electron chi connectivity index (χ0n) is 8.10. The third-order valence-electron chi connectivity index (χ3n) is 2.21. The lowest BCUT2D eigenvalue weighted by Crippen LogP contribution is -2.28. The molecule has 1 atom stereocenters. The summed E-state index contributed by atoms with van der Waals surface area (Å²) in [6, 6.07) is 0. The Balaban J connectivity index is 2.39. The summed E-state index contributed by atoms with van der Waals surface area (Å²) < 4.78 is 1.78. The first-order valence-corrected chi connectivity index (χ1v) is 4.37. The van der Waals surface area contributed by atoms with Gasteiger partial charge in [0.25, 0.3) is 6.17 Å². The van der Waals surface area contributed by atoms with Gasteiger partial charge < -0.3 is 0 Å². The molecule has 0 N–H and O–H groups in total. The standard InChI is InChI=1S/C9H13N4/c1-9(2,3)7-5-4-6-13-8(7)10-11-12-13/h4-6,8H,1-3H3/q+1. The second-order valence-electron chi connectivity index (χ2n) is 4.26. The second-order valence-corrected chi connectivity index (χ2v) is 4.26. The molecule has 1 unspecified atom stereocenters. The number of hydrogen-bond donors (Lipinski definition) is 0. The Labute approximate surface area is 77.3 Å². The molecule has 0 saturated carbocycles. The highest BCUT2D eigenvalue weighted by Gasteiger charge is 2.36. The first kappa shape index (κ1) is 8.29. The highest BCUT2D eigenvalue weighted by molar-refractivity contribution is 5.23. The van der Waals surface area contributed by atoms with Crippen LogP contribution in [0.3, 0.4) is 0 Å². The molecular formula is C9H13N4+. The van der Waals surface area contributed by atoms with Gasteiger partial charge in [-0.05, 0) is 11.5 Å². The molecule has 2 aliphatic rings. The number of fused-ring (bicyclic) bond motifs is 1. The van der Waals surface area contributed by atoms with E-state index in [9.17, 15) is 0 Å². The summed E-state index contributed by atoms with van der Waals surface area (Å²) >= 11 is 0. The monoisotopic (exact) mass is 177 g/mol. The summed E-state index contributed by atoms with van der Waals surface area (Å²) in [5, 5.41) is 11.6. The van der Waals surface area contributed by atoms with Crippen LogP contribution >= 0.6 is 0 Å². The average Bonchev–Trinajstić information content (AvgIpc) is 2.48. The Morgan fingerprint density at radius 3 is 2.85 bits per heavy atom. The smallest absolute Gasteiger partial charge is 0.103 e. The molecule has 2 heterocycles. The van der Waals surface area contributed by atoms with Crippen molar-refractivity contribution >= 4 is 0 Å². The Morgan fingerprint density at radius 2 is 2.15 bits per heavy atom. The Morgan fingerprint density at radius 1 is 1.38 bits per heavy atom. The molecule has 0 saturated heterocycles. The molecule has 2 aliphatic heterocycles. The predicted molar refractivity (Wildman–Crippen MR) is 48.0 cm³/mol. The van der Waals surface area contributed by atoms with Crippen LogP contribution in [0.25, 0.3) is 0 Å². The van der Waals surface area contributed by atoms with Crippen LogP contribution in [0.4, 0.5) is 0 Å². The lowest BCUT2D eigenvalue weighted by Gasteiger charge is -2.24. The van der Waals surface area contributed by atoms with Gasteiger partial charge in [0.2, 0.25) is 5.22 Å². The minimum absolute atomic E-state index is 0.00926. The summed E-state index contributed by atoms with van der Waals surface area (Å²) in [7, 11) is 0. The second kappa shape index (κ2) is 2.58. The molecular weight excluding hydrogens is 164 g/mol. The van der Waals surface area contributed by atoms with Gasteiger partial charge in [0.05, 0.1) is 0 Å². The maximum atomic E-state index is 4.07. The van der Waals surface area contributed by atoms with Gasteiger partial charge in [-0.3, -0.25) is 0 Å². The molecule has 4 heteroatoms. The SMILES string of the molecule is CC(C)(C)C1=CC=C[N+]2=NN=NC12. The van der Waals surface area contributed by atoms with Crippen LogP contribution in [-0.2, 0) is 0 Å². The highest BCUT2D eigenvalue weighted by Crippen LogP contribution is 2.33. The zero-order chi connectivity index (χ0) is 9.47. The molecule has 0 aromatic carbocycles. The largest absolute Gasteiger partial charge is 0.280 e. The molecule has 0 spiro atoms. The van der Waals surface area contributed by atoms with Crippen LogP contribution in [0.5, 0.6) is 0 Å². The molecule has 0 bridgehead atoms. The molecule has 13 heavy (non-hydrogen) atoms. The molecule has 0 aromatic heterocycles. The van der Waals surface area contributed by atoms with Crippen molar-refractivity contribution in [1.29, 1.82) is 0 Å². The van der Waals surface area contributed by atoms with E-state index in [0.29, 0.717) is 0 Å². The topological polar surface area (TPSA) is 40.1 Å². The fourth-order valence-corrected chi connectivity index (χ4v) is 1.49. The van der Waals surface area contributed by atoms with Crippen LogP contribution in [-0.4, -0.2) is 10.9 Å². The third-order valence-corrected chi connectivity index (χ3v) is 2.21. The third kappa shape index (κ3) is 1.32. The normalized spacial score (nSPS) is 25.6. The molecule has 4 nitrogen and oxygen atoms in total. The minimum Gasteiger partial charge on any atom is -0.103 e. The van der Waals surface area contributed by atoms with Crippen LogP contribution < -0.4 is 0 Å². The van der Waals surface area contributed by atoms with Gasteiger partial charge in [-0.2, -0.15) is 0 Å². The summed E-state index contributed by atoms with van der Waals surface area (Å²) in [6.07, 6.45) is 5.96. The van der Waals surface area contributed by atoms with Gasteiger partial charge >= 0.3 is 0 Å². The molecule has 0 aliphatic carbocycles. The predicted octanol–water partition coefficient (Wildman–Crippen LogP) is 2.66. The van der Waals surface area contributed by atoms with Crippen molar-refractivity contribution in [1.82, 2.24) is 0 Å². The van der Waals surface area contributed by atoms with Crippen molar-refractivity contribution in [3.8, 4) is 0 Å². The van der Waals surface area contributed by atoms with Gasteiger partial charge in [0.1, 0.15) is 6.20 Å². The van der Waals surface area contributed by atoms with E-state index in [1.54, 1.807) is 4.70 Å². The van der Waals surface area contributed by atoms with Crippen molar-refractivity contribution in [3.63, 3.8) is 0 Å². The van der Waals surface area contributed by atoms with Crippen molar-refractivity contribution in [2.45, 2.75) is 26.9 Å². The highest BCUT2D eigenvalue weighted by atomic mass is 15.6. The summed E-state index contributed by atoms with van der Waals surface area (Å²) in [5.41, 5.74) is 1.37. The van der Waals surface area contributed by atoms with Gasteiger partial charge in [-0.15, -0.1) is 4.70 Å². The number of nitrogens with zero attached hydrogens (tertiary/aromatic N) is 4. The van der Waals surface area contributed by atoms with Crippen LogP contribution in [0.2, 0.25) is 0 Å². The fourth-order valence-electron chi connectivity index (χ4n) is 1.49. The van der Waals surface area contributed by atoms with Crippen LogP contribution in [0.1, 0.15) is 20.8 Å². The molecule has 0 amide bonds. The number of hydrogen-bond acceptors (Lipinski definition) is 3. The first-order valence-electron chi connectivity index (χ1n) is 4.37. The van der Waals surface area contributed by atoms with Crippen LogP contribution in [0.15, 0.2) is 39.5 Å². The van der Waals surface area contributed by atoms with E-state index in [-0.39, 0.29) is 11.6 Å². The molecule has 68 valence electrons. The lowest BCUT2D eigenvalue weighted by atomic mass is 9.83. The maximum Gasteiger partial charge on any atom is 0.280 e. The first-order chi connectivity index (χ1) is 6.09. The summed E-state index contributed by atoms with van der Waals surface area (Å²) in [4.78, 5) is 0. The van der Waals surface area contributed by atoms with Crippen molar-refractivity contribution in [3.05, 3.63) is 23.9 Å². The van der Waals surface area contributed by atoms with Crippen molar-refractivity contribution in [2.75, 3.05) is 0 Å². The minimum atomic E-state index is -0.00926. The van der Waals surface area contributed by atoms with Gasteiger partial charge in [0.15, 0.2) is 5.22 Å². The Kier molecular flexibility index (Phi) is 1.65. The molecule has 2 rings (SSSR count).